The van der Waals surface area contributed by atoms with E-state index in [4.69, 9.17) is 0 Å². The van der Waals surface area contributed by atoms with Crippen molar-refractivity contribution in [1.82, 2.24) is 9.36 Å². The Labute approximate surface area is 195 Å². The summed E-state index contributed by atoms with van der Waals surface area (Å²) in [6.07, 6.45) is 0.421. The summed E-state index contributed by atoms with van der Waals surface area (Å²) < 4.78 is 2.94. The molecule has 4 rings (SSSR count). The molecule has 0 unspecified atom stereocenters. The number of rotatable bonds is 6. The van der Waals surface area contributed by atoms with E-state index in [9.17, 15) is 9.59 Å². The minimum Gasteiger partial charge on any atom is -0.308 e. The van der Waals surface area contributed by atoms with E-state index in [0.717, 1.165) is 4.90 Å². The summed E-state index contributed by atoms with van der Waals surface area (Å²) in [5, 5.41) is 0. The van der Waals surface area contributed by atoms with Gasteiger partial charge in [-0.1, -0.05) is 54.6 Å². The quantitative estimate of drug-likeness (QED) is 0.271. The molecule has 0 radical (unpaired) electrons. The zero-order valence-electron chi connectivity index (χ0n) is 16.2. The average Bonchev–Trinajstić information content (AvgIpc) is 3.00. The largest absolute Gasteiger partial charge is 1.00 e. The number of benzene rings is 3. The number of thioether (sulfide) groups is 1. The van der Waals surface area contributed by atoms with Gasteiger partial charge >= 0.3 is 29.6 Å². The Morgan fingerprint density at radius 3 is 1.52 bits per heavy atom. The molecule has 29 heavy (non-hydrogen) atoms. The molecule has 0 fully saturated rings. The topological polar surface area (TPSA) is 44.0 Å². The standard InChI is InChI=1S/C23H19N2O2S.Na/c26-22-21(16-17-28-20-14-8-3-9-15-20)23(27)25(19-12-6-2-7-13-19)24(22)18-10-4-1-5-11-18;/h1-15H,16-17H2;/q-1;+1. The van der Waals surface area contributed by atoms with Crippen LogP contribution in [-0.4, -0.2) is 15.1 Å². The Kier molecular flexibility index (Phi) is 7.45. The summed E-state index contributed by atoms with van der Waals surface area (Å²) in [6.45, 7) is 0. The number of aromatic nitrogens is 2. The molecule has 0 aliphatic heterocycles. The first-order chi connectivity index (χ1) is 13.8. The monoisotopic (exact) mass is 410 g/mol. The second-order valence-corrected chi connectivity index (χ2v) is 7.46. The van der Waals surface area contributed by atoms with E-state index >= 15 is 0 Å². The predicted octanol–water partition coefficient (Wildman–Crippen LogP) is 1.05. The van der Waals surface area contributed by atoms with E-state index in [-0.39, 0.29) is 40.7 Å². The van der Waals surface area contributed by atoms with Gasteiger partial charge in [0.2, 0.25) is 0 Å². The molecule has 0 saturated heterocycles. The van der Waals surface area contributed by atoms with Crippen molar-refractivity contribution in [1.29, 1.82) is 0 Å². The molecule has 6 heteroatoms. The van der Waals surface area contributed by atoms with Gasteiger partial charge in [0.05, 0.1) is 11.4 Å². The van der Waals surface area contributed by atoms with Crippen LogP contribution in [0.2, 0.25) is 0 Å². The van der Waals surface area contributed by atoms with Crippen LogP contribution in [-0.2, 0) is 6.42 Å². The van der Waals surface area contributed by atoms with Gasteiger partial charge in [-0.25, -0.2) is 14.9 Å². The summed E-state index contributed by atoms with van der Waals surface area (Å²) in [5.41, 5.74) is 1.16. The molecule has 4 aromatic rings. The number of para-hydroxylation sites is 2. The molecule has 3 aromatic carbocycles. The van der Waals surface area contributed by atoms with Crippen LogP contribution in [0.4, 0.5) is 0 Å². The zero-order chi connectivity index (χ0) is 19.3. The maximum atomic E-state index is 13.2. The fourth-order valence-corrected chi connectivity index (χ4v) is 4.03. The molecule has 0 aliphatic rings. The molecule has 4 nitrogen and oxygen atoms in total. The van der Waals surface area contributed by atoms with E-state index in [1.807, 2.05) is 91.0 Å². The van der Waals surface area contributed by atoms with Crippen molar-refractivity contribution >= 4 is 11.8 Å². The summed E-state index contributed by atoms with van der Waals surface area (Å²) in [6, 6.07) is 28.6. The first kappa shape index (κ1) is 21.5. The van der Waals surface area contributed by atoms with Gasteiger partial charge in [0.1, 0.15) is 11.1 Å². The van der Waals surface area contributed by atoms with Crippen LogP contribution >= 0.6 is 11.8 Å². The molecule has 0 N–H and O–H groups in total. The molecule has 0 saturated carbocycles. The van der Waals surface area contributed by atoms with Crippen molar-refractivity contribution in [3.8, 4) is 11.4 Å². The summed E-state index contributed by atoms with van der Waals surface area (Å²) in [4.78, 5) is 27.4. The van der Waals surface area contributed by atoms with Crippen LogP contribution in [0.1, 0.15) is 5.56 Å². The molecule has 0 spiro atoms. The molecular formula is C23H19N2NaO2S. The summed E-state index contributed by atoms with van der Waals surface area (Å²) in [5.74, 6) is 0.669. The Balaban J connectivity index is 0.00000240. The second kappa shape index (κ2) is 10.0. The van der Waals surface area contributed by atoms with Gasteiger partial charge in [-0.05, 0) is 42.2 Å². The first-order valence-electron chi connectivity index (χ1n) is 9.08. The SMILES string of the molecule is O=c1[c-](CCSc2ccccc2)c(=O)n(-c2ccccc2)n1-c1ccccc1.[Na+]. The van der Waals surface area contributed by atoms with Crippen molar-refractivity contribution in [2.24, 2.45) is 0 Å². The van der Waals surface area contributed by atoms with E-state index in [1.54, 1.807) is 11.8 Å². The van der Waals surface area contributed by atoms with Gasteiger partial charge in [-0.15, -0.1) is 18.2 Å². The van der Waals surface area contributed by atoms with E-state index in [0.29, 0.717) is 29.1 Å². The predicted molar refractivity (Wildman–Crippen MR) is 114 cm³/mol. The third-order valence-electron chi connectivity index (χ3n) is 4.47. The van der Waals surface area contributed by atoms with Crippen molar-refractivity contribution in [2.45, 2.75) is 11.3 Å². The van der Waals surface area contributed by atoms with Gasteiger partial charge in [0.25, 0.3) is 0 Å². The van der Waals surface area contributed by atoms with Crippen LogP contribution in [0.3, 0.4) is 0 Å². The molecule has 0 atom stereocenters. The van der Waals surface area contributed by atoms with Crippen LogP contribution < -0.4 is 40.7 Å². The first-order valence-corrected chi connectivity index (χ1v) is 10.1. The van der Waals surface area contributed by atoms with E-state index in [2.05, 4.69) is 0 Å². The van der Waals surface area contributed by atoms with Crippen LogP contribution in [0.25, 0.3) is 11.4 Å². The van der Waals surface area contributed by atoms with Crippen LogP contribution in [0.15, 0.2) is 105 Å². The Bertz CT molecular complexity index is 1100. The summed E-state index contributed by atoms with van der Waals surface area (Å²) in [7, 11) is 0. The van der Waals surface area contributed by atoms with Crippen molar-refractivity contribution in [2.75, 3.05) is 5.75 Å². The molecule has 0 aliphatic carbocycles. The van der Waals surface area contributed by atoms with E-state index < -0.39 is 0 Å². The minimum absolute atomic E-state index is 0. The van der Waals surface area contributed by atoms with Gasteiger partial charge in [-0.2, -0.15) is 0 Å². The Morgan fingerprint density at radius 2 is 1.07 bits per heavy atom. The number of nitrogens with zero attached hydrogens (tertiary/aromatic N) is 2. The molecule has 0 bridgehead atoms. The minimum atomic E-state index is -0.256. The third kappa shape index (κ3) is 4.70. The molecule has 0 amide bonds. The Morgan fingerprint density at radius 1 is 0.655 bits per heavy atom. The Hall–Kier alpha value is -2.18. The fraction of sp³-hybridized carbons (Fsp3) is 0.0870. The molecular weight excluding hydrogens is 391 g/mol. The summed E-state index contributed by atoms with van der Waals surface area (Å²) >= 11 is 1.64. The van der Waals surface area contributed by atoms with Gasteiger partial charge in [-0.3, -0.25) is 0 Å². The number of hydrogen-bond donors (Lipinski definition) is 0. The van der Waals surface area contributed by atoms with Crippen molar-refractivity contribution in [3.05, 3.63) is 117 Å². The van der Waals surface area contributed by atoms with E-state index in [1.165, 1.54) is 9.36 Å². The maximum absolute atomic E-state index is 13.2. The number of hydrogen-bond acceptors (Lipinski definition) is 3. The molecule has 1 heterocycles. The smallest absolute Gasteiger partial charge is 0.308 e. The van der Waals surface area contributed by atoms with Crippen molar-refractivity contribution in [3.63, 3.8) is 0 Å². The van der Waals surface area contributed by atoms with Gasteiger partial charge in [0.15, 0.2) is 0 Å². The van der Waals surface area contributed by atoms with Gasteiger partial charge < -0.3 is 9.59 Å². The molecule has 140 valence electrons. The average molecular weight is 410 g/mol. The van der Waals surface area contributed by atoms with Gasteiger partial charge in [0, 0.05) is 4.90 Å². The van der Waals surface area contributed by atoms with Crippen LogP contribution in [0.5, 0.6) is 0 Å². The normalized spacial score (nSPS) is 10.5. The fourth-order valence-electron chi connectivity index (χ4n) is 3.13. The molecule has 1 aromatic heterocycles. The second-order valence-electron chi connectivity index (χ2n) is 6.30. The van der Waals surface area contributed by atoms with Crippen molar-refractivity contribution < 1.29 is 29.6 Å². The maximum Gasteiger partial charge on any atom is 1.00 e. The zero-order valence-corrected chi connectivity index (χ0v) is 19.0. The van der Waals surface area contributed by atoms with Crippen LogP contribution in [0, 0.1) is 0 Å². The third-order valence-corrected chi connectivity index (χ3v) is 5.48.